The molecule has 0 aliphatic heterocycles. The molecule has 0 aliphatic carbocycles. The second-order valence-corrected chi connectivity index (χ2v) is 7.05. The topological polar surface area (TPSA) is 27.6 Å². The number of unbranched alkanes of at least 4 members (excludes halogenated alkanes) is 4. The molecule has 0 atom stereocenters. The molecular weight excluding hydrogens is 317 g/mol. The van der Waals surface area contributed by atoms with E-state index < -0.39 is 7.25 Å². The third-order valence-electron chi connectivity index (χ3n) is 4.73. The molecule has 6 heteroatoms. The molecule has 0 amide bonds. The summed E-state index contributed by atoms with van der Waals surface area (Å²) in [6, 6.07) is 0. The predicted octanol–water partition coefficient (Wildman–Crippen LogP) is 6.64. The van der Waals surface area contributed by atoms with Crippen LogP contribution < -0.4 is 5.73 Å². The molecule has 24 heavy (non-hydrogen) atoms. The van der Waals surface area contributed by atoms with Crippen LogP contribution in [0.4, 0.5) is 17.3 Å². The van der Waals surface area contributed by atoms with E-state index in [4.69, 9.17) is 5.73 Å². The lowest BCUT2D eigenvalue weighted by Gasteiger charge is -2.35. The maximum Gasteiger partial charge on any atom is 0.673 e. The Morgan fingerprint density at radius 1 is 0.708 bits per heavy atom. The highest BCUT2D eigenvalue weighted by Gasteiger charge is 2.36. The third kappa shape index (κ3) is 16.6. The predicted molar refractivity (Wildman–Crippen MR) is 97.4 cm³/mol. The normalized spacial score (nSPS) is 12.2. The Kier molecular flexibility index (Phi) is 16.3. The smallest absolute Gasteiger partial charge is 0.418 e. The molecule has 0 heterocycles. The molecule has 0 rings (SSSR count). The van der Waals surface area contributed by atoms with Gasteiger partial charge in [0.05, 0.1) is 5.54 Å². The number of rotatable bonds is 13. The molecule has 0 radical (unpaired) electrons. The van der Waals surface area contributed by atoms with Gasteiger partial charge in [0.15, 0.2) is 0 Å². The van der Waals surface area contributed by atoms with Crippen LogP contribution in [0.3, 0.4) is 0 Å². The Hall–Kier alpha value is -0.255. The van der Waals surface area contributed by atoms with E-state index in [0.717, 1.165) is 5.92 Å². The van der Waals surface area contributed by atoms with Crippen LogP contribution >= 0.6 is 0 Å². The van der Waals surface area contributed by atoms with Crippen molar-refractivity contribution in [2.45, 2.75) is 110 Å². The molecule has 0 aromatic carbocycles. The highest BCUT2D eigenvalue weighted by Crippen LogP contribution is 2.32. The first kappa shape index (κ1) is 26.0. The molecule has 0 saturated carbocycles. The first-order chi connectivity index (χ1) is 11.1. The van der Waals surface area contributed by atoms with Crippen molar-refractivity contribution in [3.8, 4) is 0 Å². The molecule has 0 fully saturated rings. The first-order valence-electron chi connectivity index (χ1n) is 9.87. The van der Waals surface area contributed by atoms with Crippen LogP contribution in [0.1, 0.15) is 105 Å². The quantitative estimate of drug-likeness (QED) is 0.282. The molecule has 0 spiro atoms. The van der Waals surface area contributed by atoms with E-state index in [1.54, 1.807) is 0 Å². The van der Waals surface area contributed by atoms with E-state index in [-0.39, 0.29) is 0 Å². The summed E-state index contributed by atoms with van der Waals surface area (Å²) in [5.74, 6) is 0.866. The van der Waals surface area contributed by atoms with Gasteiger partial charge in [-0.05, 0) is 25.7 Å². The summed E-state index contributed by atoms with van der Waals surface area (Å²) in [7, 11) is -6.00. The van der Waals surface area contributed by atoms with Gasteiger partial charge in [0.25, 0.3) is 0 Å². The second-order valence-electron chi connectivity index (χ2n) is 7.05. The van der Waals surface area contributed by atoms with Gasteiger partial charge < -0.3 is 23.0 Å². The summed E-state index contributed by atoms with van der Waals surface area (Å²) in [6.45, 7) is 9.26. The van der Waals surface area contributed by atoms with Gasteiger partial charge in [-0.15, -0.1) is 0 Å². The maximum absolute atomic E-state index is 9.75. The molecule has 0 aromatic heterocycles. The van der Waals surface area contributed by atoms with Gasteiger partial charge in [0, 0.05) is 18.8 Å². The fourth-order valence-corrected chi connectivity index (χ4v) is 3.25. The van der Waals surface area contributed by atoms with Crippen LogP contribution in [0.2, 0.25) is 0 Å². The Labute approximate surface area is 147 Å². The lowest BCUT2D eigenvalue weighted by Crippen LogP contribution is -2.76. The van der Waals surface area contributed by atoms with Crippen LogP contribution in [0.5, 0.6) is 0 Å². The van der Waals surface area contributed by atoms with Crippen LogP contribution in [0, 0.1) is 5.92 Å². The molecule has 0 saturated heterocycles. The Balaban J connectivity index is 0. The van der Waals surface area contributed by atoms with Crippen LogP contribution in [-0.4, -0.2) is 12.8 Å². The van der Waals surface area contributed by atoms with Gasteiger partial charge in [-0.2, -0.15) is 0 Å². The molecule has 3 N–H and O–H groups in total. The minimum atomic E-state index is -6.00. The molecular formula is C18H40BF4N. The van der Waals surface area contributed by atoms with Crippen molar-refractivity contribution in [1.82, 2.24) is 0 Å². The summed E-state index contributed by atoms with van der Waals surface area (Å²) in [5.41, 5.74) is 5.12. The summed E-state index contributed by atoms with van der Waals surface area (Å²) >= 11 is 0. The zero-order valence-electron chi connectivity index (χ0n) is 16.4. The maximum atomic E-state index is 9.75. The molecule has 0 aliphatic rings. The minimum Gasteiger partial charge on any atom is -0.418 e. The van der Waals surface area contributed by atoms with Crippen molar-refractivity contribution < 1.29 is 23.0 Å². The van der Waals surface area contributed by atoms with Gasteiger partial charge >= 0.3 is 7.25 Å². The van der Waals surface area contributed by atoms with E-state index >= 15 is 0 Å². The largest absolute Gasteiger partial charge is 0.673 e. The summed E-state index contributed by atoms with van der Waals surface area (Å²) in [6.07, 6.45) is 16.3. The van der Waals surface area contributed by atoms with Crippen LogP contribution in [0.15, 0.2) is 0 Å². The molecule has 1 nitrogen and oxygen atoms in total. The van der Waals surface area contributed by atoms with E-state index in [2.05, 4.69) is 27.7 Å². The fourth-order valence-electron chi connectivity index (χ4n) is 3.25. The minimum absolute atomic E-state index is 0.371. The lowest BCUT2D eigenvalue weighted by atomic mass is 9.72. The summed E-state index contributed by atoms with van der Waals surface area (Å²) < 4.78 is 39.0. The van der Waals surface area contributed by atoms with Gasteiger partial charge in [-0.25, -0.2) is 0 Å². The zero-order valence-corrected chi connectivity index (χ0v) is 16.4. The summed E-state index contributed by atoms with van der Waals surface area (Å²) in [4.78, 5) is 0. The lowest BCUT2D eigenvalue weighted by molar-refractivity contribution is -0.498. The first-order valence-corrected chi connectivity index (χ1v) is 9.87. The number of halogens is 4. The Bertz CT molecular complexity index is 250. The van der Waals surface area contributed by atoms with Crippen molar-refractivity contribution in [2.75, 3.05) is 0 Å². The number of quaternary nitrogens is 1. The van der Waals surface area contributed by atoms with E-state index in [1.807, 2.05) is 0 Å². The van der Waals surface area contributed by atoms with E-state index in [1.165, 1.54) is 77.0 Å². The van der Waals surface area contributed by atoms with Gasteiger partial charge in [0.1, 0.15) is 0 Å². The summed E-state index contributed by atoms with van der Waals surface area (Å²) in [5, 5.41) is 0. The molecule has 0 bridgehead atoms. The number of hydrogen-bond donors (Lipinski definition) is 1. The van der Waals surface area contributed by atoms with Crippen LogP contribution in [0.25, 0.3) is 0 Å². The van der Waals surface area contributed by atoms with E-state index in [9.17, 15) is 17.3 Å². The van der Waals surface area contributed by atoms with Gasteiger partial charge in [-0.1, -0.05) is 66.2 Å². The zero-order chi connectivity index (χ0) is 19.1. The van der Waals surface area contributed by atoms with Crippen LogP contribution in [-0.2, 0) is 0 Å². The third-order valence-corrected chi connectivity index (χ3v) is 4.73. The average molecular weight is 357 g/mol. The Morgan fingerprint density at radius 3 is 1.25 bits per heavy atom. The van der Waals surface area contributed by atoms with Crippen molar-refractivity contribution in [3.63, 3.8) is 0 Å². The van der Waals surface area contributed by atoms with Gasteiger partial charge in [0.2, 0.25) is 0 Å². The van der Waals surface area contributed by atoms with Crippen molar-refractivity contribution in [1.29, 1.82) is 0 Å². The van der Waals surface area contributed by atoms with Gasteiger partial charge in [-0.3, -0.25) is 0 Å². The number of hydrogen-bond acceptors (Lipinski definition) is 0. The van der Waals surface area contributed by atoms with Crippen molar-refractivity contribution in [3.05, 3.63) is 0 Å². The highest BCUT2D eigenvalue weighted by molar-refractivity contribution is 6.50. The van der Waals surface area contributed by atoms with Crippen molar-refractivity contribution >= 4 is 7.25 Å². The Morgan fingerprint density at radius 2 is 1.00 bits per heavy atom. The van der Waals surface area contributed by atoms with Crippen molar-refractivity contribution in [2.24, 2.45) is 5.92 Å². The molecule has 148 valence electrons. The SMILES string of the molecule is CCCCC(CCCC)C([NH3+])(CCCC)CCCC.F[B-](F)(F)F. The highest BCUT2D eigenvalue weighted by atomic mass is 19.5. The van der Waals surface area contributed by atoms with E-state index in [0.29, 0.717) is 5.54 Å². The average Bonchev–Trinajstić information content (AvgIpc) is 2.49. The fraction of sp³-hybridized carbons (Fsp3) is 1.00. The monoisotopic (exact) mass is 357 g/mol. The molecule has 0 aromatic rings. The second kappa shape index (κ2) is 15.0. The standard InChI is InChI=1S/C18H39N.BF4/c1-5-9-13-17(14-10-6-2)18(19,15-11-7-3)16-12-8-4;2-1(3,4)5/h17H,5-16,19H2,1-4H3;/q;-1/p+1. The molecule has 0 unspecified atom stereocenters.